The van der Waals surface area contributed by atoms with Gasteiger partial charge in [0.25, 0.3) is 0 Å². The zero-order valence-electron chi connectivity index (χ0n) is 18.8. The normalized spacial score (nSPS) is 11.3. The van der Waals surface area contributed by atoms with Crippen LogP contribution in [-0.2, 0) is 18.0 Å². The SMILES string of the molecule is Cl.Cl.NC(=Nc1ccc(COCc2ccc(N=C(N)c3ccccn3)cc2)cc1)c1ccccn1. The predicted molar refractivity (Wildman–Crippen MR) is 145 cm³/mol. The van der Waals surface area contributed by atoms with Crippen molar-refractivity contribution >= 4 is 47.9 Å². The first-order chi connectivity index (χ1) is 16.2. The van der Waals surface area contributed by atoms with Gasteiger partial charge in [-0.05, 0) is 59.7 Å². The molecule has 4 aromatic rings. The van der Waals surface area contributed by atoms with E-state index in [0.29, 0.717) is 36.3 Å². The van der Waals surface area contributed by atoms with Crippen molar-refractivity contribution in [2.24, 2.45) is 21.5 Å². The van der Waals surface area contributed by atoms with E-state index in [1.165, 1.54) is 0 Å². The van der Waals surface area contributed by atoms with Gasteiger partial charge >= 0.3 is 0 Å². The smallest absolute Gasteiger partial charge is 0.150 e. The average molecular weight is 509 g/mol. The monoisotopic (exact) mass is 508 g/mol. The van der Waals surface area contributed by atoms with Crippen molar-refractivity contribution in [1.82, 2.24) is 9.97 Å². The Morgan fingerprint density at radius 2 is 1.00 bits per heavy atom. The second kappa shape index (κ2) is 13.8. The molecule has 35 heavy (non-hydrogen) atoms. The fourth-order valence-corrected chi connectivity index (χ4v) is 3.04. The predicted octanol–water partition coefficient (Wildman–Crippen LogP) is 5.11. The largest absolute Gasteiger partial charge is 0.382 e. The van der Waals surface area contributed by atoms with Gasteiger partial charge in [-0.3, -0.25) is 9.97 Å². The Balaban J connectivity index is 0.00000216. The molecule has 0 aliphatic carbocycles. The molecule has 0 aliphatic rings. The summed E-state index contributed by atoms with van der Waals surface area (Å²) in [5.41, 5.74) is 17.0. The molecule has 0 bridgehead atoms. The number of rotatable bonds is 8. The number of benzene rings is 2. The molecule has 0 aliphatic heterocycles. The minimum absolute atomic E-state index is 0. The quantitative estimate of drug-likeness (QED) is 0.253. The third kappa shape index (κ3) is 8.19. The van der Waals surface area contributed by atoms with E-state index < -0.39 is 0 Å². The molecule has 0 atom stereocenters. The highest BCUT2D eigenvalue weighted by Gasteiger charge is 2.02. The van der Waals surface area contributed by atoms with Gasteiger partial charge in [0.15, 0.2) is 0 Å². The fraction of sp³-hybridized carbons (Fsp3) is 0.0769. The van der Waals surface area contributed by atoms with Crippen LogP contribution in [0.4, 0.5) is 11.4 Å². The molecule has 4 rings (SSSR count). The highest BCUT2D eigenvalue weighted by atomic mass is 35.5. The van der Waals surface area contributed by atoms with Crippen molar-refractivity contribution in [3.8, 4) is 0 Å². The first kappa shape index (κ1) is 27.5. The van der Waals surface area contributed by atoms with Crippen LogP contribution in [0.3, 0.4) is 0 Å². The lowest BCUT2D eigenvalue weighted by atomic mass is 10.2. The molecule has 2 heterocycles. The van der Waals surface area contributed by atoms with Crippen LogP contribution in [0.1, 0.15) is 22.5 Å². The zero-order chi connectivity index (χ0) is 22.9. The number of nitrogens with two attached hydrogens (primary N) is 2. The van der Waals surface area contributed by atoms with Crippen LogP contribution in [0, 0.1) is 0 Å². The maximum atomic E-state index is 6.02. The summed E-state index contributed by atoms with van der Waals surface area (Å²) >= 11 is 0. The van der Waals surface area contributed by atoms with Crippen molar-refractivity contribution in [3.05, 3.63) is 120 Å². The van der Waals surface area contributed by atoms with E-state index >= 15 is 0 Å². The lowest BCUT2D eigenvalue weighted by Gasteiger charge is -2.06. The van der Waals surface area contributed by atoms with E-state index in [0.717, 1.165) is 22.5 Å². The van der Waals surface area contributed by atoms with E-state index in [1.54, 1.807) is 12.4 Å². The van der Waals surface area contributed by atoms with Gasteiger partial charge in [-0.1, -0.05) is 36.4 Å². The van der Waals surface area contributed by atoms with Crippen molar-refractivity contribution in [3.63, 3.8) is 0 Å². The first-order valence-corrected chi connectivity index (χ1v) is 10.4. The van der Waals surface area contributed by atoms with Crippen LogP contribution in [0.25, 0.3) is 0 Å². The topological polar surface area (TPSA) is 112 Å². The first-order valence-electron chi connectivity index (χ1n) is 10.4. The Morgan fingerprint density at radius 3 is 1.34 bits per heavy atom. The van der Waals surface area contributed by atoms with Crippen molar-refractivity contribution in [1.29, 1.82) is 0 Å². The Morgan fingerprint density at radius 1 is 0.600 bits per heavy atom. The van der Waals surface area contributed by atoms with E-state index in [-0.39, 0.29) is 24.8 Å². The maximum Gasteiger partial charge on any atom is 0.150 e. The summed E-state index contributed by atoms with van der Waals surface area (Å²) in [5, 5.41) is 0. The molecular weight excluding hydrogens is 483 g/mol. The Kier molecular flexibility index (Phi) is 10.8. The van der Waals surface area contributed by atoms with Crippen LogP contribution in [0.5, 0.6) is 0 Å². The molecular formula is C26H26Cl2N6O. The van der Waals surface area contributed by atoms with Crippen molar-refractivity contribution < 1.29 is 4.74 Å². The van der Waals surface area contributed by atoms with E-state index in [2.05, 4.69) is 20.0 Å². The molecule has 4 N–H and O–H groups in total. The molecule has 0 spiro atoms. The second-order valence-electron chi connectivity index (χ2n) is 7.25. The maximum absolute atomic E-state index is 6.02. The van der Waals surface area contributed by atoms with Gasteiger partial charge < -0.3 is 16.2 Å². The third-order valence-corrected chi connectivity index (χ3v) is 4.76. The number of hydrogen-bond donors (Lipinski definition) is 2. The van der Waals surface area contributed by atoms with Crippen LogP contribution in [0.2, 0.25) is 0 Å². The molecule has 0 fully saturated rings. The standard InChI is InChI=1S/C26H24N6O.2ClH/c27-25(23-5-1-3-15-29-23)31-21-11-7-19(8-12-21)17-33-18-20-9-13-22(14-10-20)32-26(28)24-6-2-4-16-30-24;;/h1-16H,17-18H2,(H2,27,31)(H2,28,32);2*1H. The molecule has 0 radical (unpaired) electrons. The van der Waals surface area contributed by atoms with Gasteiger partial charge in [-0.15, -0.1) is 24.8 Å². The van der Waals surface area contributed by atoms with Gasteiger partial charge in [0, 0.05) is 12.4 Å². The minimum atomic E-state index is 0. The number of aromatic nitrogens is 2. The minimum Gasteiger partial charge on any atom is -0.382 e. The number of aliphatic imine (C=N–C) groups is 2. The van der Waals surface area contributed by atoms with Crippen LogP contribution in [-0.4, -0.2) is 21.6 Å². The Hall–Kier alpha value is -3.78. The van der Waals surface area contributed by atoms with E-state index in [9.17, 15) is 0 Å². The van der Waals surface area contributed by atoms with Crippen molar-refractivity contribution in [2.45, 2.75) is 13.2 Å². The van der Waals surface area contributed by atoms with Gasteiger partial charge in [-0.2, -0.15) is 0 Å². The number of halogens is 2. The van der Waals surface area contributed by atoms with Crippen molar-refractivity contribution in [2.75, 3.05) is 0 Å². The highest BCUT2D eigenvalue weighted by molar-refractivity contribution is 5.97. The molecule has 7 nitrogen and oxygen atoms in total. The highest BCUT2D eigenvalue weighted by Crippen LogP contribution is 2.17. The lowest BCUT2D eigenvalue weighted by Crippen LogP contribution is -2.14. The summed E-state index contributed by atoms with van der Waals surface area (Å²) in [6, 6.07) is 26.6. The molecule has 0 amide bonds. The van der Waals surface area contributed by atoms with Crippen LogP contribution < -0.4 is 11.5 Å². The third-order valence-electron chi connectivity index (χ3n) is 4.76. The van der Waals surface area contributed by atoms with E-state index in [1.807, 2.05) is 84.9 Å². The summed E-state index contributed by atoms with van der Waals surface area (Å²) in [6.45, 7) is 0.985. The lowest BCUT2D eigenvalue weighted by molar-refractivity contribution is 0.107. The van der Waals surface area contributed by atoms with Gasteiger partial charge in [0.1, 0.15) is 23.1 Å². The summed E-state index contributed by atoms with van der Waals surface area (Å²) in [6.07, 6.45) is 3.38. The molecule has 0 unspecified atom stereocenters. The zero-order valence-corrected chi connectivity index (χ0v) is 20.5. The Labute approximate surface area is 216 Å². The summed E-state index contributed by atoms with van der Waals surface area (Å²) in [4.78, 5) is 17.2. The van der Waals surface area contributed by atoms with E-state index in [4.69, 9.17) is 16.2 Å². The fourth-order valence-electron chi connectivity index (χ4n) is 3.04. The summed E-state index contributed by atoms with van der Waals surface area (Å²) in [7, 11) is 0. The van der Waals surface area contributed by atoms with Crippen LogP contribution >= 0.6 is 24.8 Å². The number of amidine groups is 2. The number of ether oxygens (including phenoxy) is 1. The Bertz CT molecular complexity index is 1130. The number of nitrogens with zero attached hydrogens (tertiary/aromatic N) is 4. The number of pyridine rings is 2. The molecule has 2 aromatic carbocycles. The van der Waals surface area contributed by atoms with Crippen LogP contribution in [0.15, 0.2) is 107 Å². The molecule has 2 aromatic heterocycles. The number of hydrogen-bond acceptors (Lipinski definition) is 5. The van der Waals surface area contributed by atoms with Gasteiger partial charge in [0.2, 0.25) is 0 Å². The second-order valence-corrected chi connectivity index (χ2v) is 7.25. The molecule has 9 heteroatoms. The molecule has 0 saturated heterocycles. The summed E-state index contributed by atoms with van der Waals surface area (Å²) < 4.78 is 5.85. The molecule has 0 saturated carbocycles. The molecule has 180 valence electrons. The van der Waals surface area contributed by atoms with Gasteiger partial charge in [0.05, 0.1) is 24.6 Å². The summed E-state index contributed by atoms with van der Waals surface area (Å²) in [5.74, 6) is 0.767. The van der Waals surface area contributed by atoms with Gasteiger partial charge in [-0.25, -0.2) is 9.98 Å². The average Bonchev–Trinajstić information content (AvgIpc) is 2.87.